The summed E-state index contributed by atoms with van der Waals surface area (Å²) in [6.45, 7) is 0. The number of carbonyl (C=O) groups excluding carboxylic acids is 2. The molecule has 31 heavy (non-hydrogen) atoms. The van der Waals surface area contributed by atoms with Gasteiger partial charge >= 0.3 is 0 Å². The summed E-state index contributed by atoms with van der Waals surface area (Å²) >= 11 is 0. The Morgan fingerprint density at radius 3 is 1.94 bits per heavy atom. The van der Waals surface area contributed by atoms with Crippen molar-refractivity contribution < 1.29 is 23.1 Å². The molecule has 1 saturated heterocycles. The van der Waals surface area contributed by atoms with Gasteiger partial charge in [0.1, 0.15) is 5.76 Å². The number of aliphatic hydroxyl groups excluding tert-OH is 1. The molecule has 0 aromatic heterocycles. The molecule has 156 valence electrons. The fourth-order valence-corrected chi connectivity index (χ4v) is 4.11. The van der Waals surface area contributed by atoms with Crippen LogP contribution in [0.2, 0.25) is 0 Å². The number of carbonyl (C=O) groups is 2. The molecule has 0 spiro atoms. The van der Waals surface area contributed by atoms with E-state index in [1.165, 1.54) is 29.2 Å². The topological polar surface area (TPSA) is 118 Å². The minimum Gasteiger partial charge on any atom is -0.507 e. The molecule has 0 aliphatic carbocycles. The van der Waals surface area contributed by atoms with E-state index in [1.54, 1.807) is 60.7 Å². The van der Waals surface area contributed by atoms with Crippen molar-refractivity contribution in [2.75, 3.05) is 4.90 Å². The number of primary sulfonamides is 1. The van der Waals surface area contributed by atoms with Crippen LogP contribution in [0.3, 0.4) is 0 Å². The zero-order valence-corrected chi connectivity index (χ0v) is 17.0. The molecule has 1 aliphatic rings. The molecule has 7 nitrogen and oxygen atoms in total. The molecule has 1 atom stereocenters. The standard InChI is InChI=1S/C23H18N2O5S/c24-31(29,30)18-13-11-17(12-14-18)25-20(15-7-3-1-4-8-15)19(22(27)23(25)28)21(26)16-9-5-2-6-10-16/h1-14,20,26H,(H2,24,29,30)/t20-/m1/s1. The van der Waals surface area contributed by atoms with E-state index in [1.807, 2.05) is 0 Å². The maximum atomic E-state index is 13.0. The van der Waals surface area contributed by atoms with E-state index in [-0.39, 0.29) is 16.2 Å². The number of sulfonamides is 1. The number of rotatable bonds is 4. The van der Waals surface area contributed by atoms with Crippen LogP contribution < -0.4 is 10.0 Å². The Kier molecular flexibility index (Phi) is 5.18. The summed E-state index contributed by atoms with van der Waals surface area (Å²) in [6, 6.07) is 21.8. The molecule has 8 heteroatoms. The molecule has 1 amide bonds. The van der Waals surface area contributed by atoms with Crippen molar-refractivity contribution in [3.8, 4) is 0 Å². The van der Waals surface area contributed by atoms with Crippen molar-refractivity contribution >= 4 is 33.2 Å². The van der Waals surface area contributed by atoms with Crippen molar-refractivity contribution in [1.82, 2.24) is 0 Å². The van der Waals surface area contributed by atoms with Gasteiger partial charge in [-0.1, -0.05) is 60.7 Å². The van der Waals surface area contributed by atoms with Gasteiger partial charge in [0, 0.05) is 11.3 Å². The molecular formula is C23H18N2O5S. The van der Waals surface area contributed by atoms with Crippen LogP contribution in [-0.2, 0) is 19.6 Å². The zero-order chi connectivity index (χ0) is 22.2. The lowest BCUT2D eigenvalue weighted by Crippen LogP contribution is -2.29. The smallest absolute Gasteiger partial charge is 0.300 e. The van der Waals surface area contributed by atoms with Gasteiger partial charge in [-0.3, -0.25) is 14.5 Å². The molecule has 0 bridgehead atoms. The van der Waals surface area contributed by atoms with Gasteiger partial charge in [0.25, 0.3) is 11.7 Å². The van der Waals surface area contributed by atoms with E-state index in [2.05, 4.69) is 0 Å². The maximum Gasteiger partial charge on any atom is 0.300 e. The molecule has 1 heterocycles. The van der Waals surface area contributed by atoms with Gasteiger partial charge in [-0.05, 0) is 29.8 Å². The number of benzene rings is 3. The molecule has 0 unspecified atom stereocenters. The van der Waals surface area contributed by atoms with Crippen LogP contribution in [0.1, 0.15) is 17.2 Å². The highest BCUT2D eigenvalue weighted by molar-refractivity contribution is 7.89. The molecule has 3 aromatic rings. The van der Waals surface area contributed by atoms with E-state index >= 15 is 0 Å². The highest BCUT2D eigenvalue weighted by atomic mass is 32.2. The fourth-order valence-electron chi connectivity index (χ4n) is 3.60. The van der Waals surface area contributed by atoms with Crippen molar-refractivity contribution in [3.63, 3.8) is 0 Å². The Morgan fingerprint density at radius 1 is 0.839 bits per heavy atom. The minimum absolute atomic E-state index is 0.0436. The van der Waals surface area contributed by atoms with Gasteiger partial charge < -0.3 is 5.11 Å². The fraction of sp³-hybridized carbons (Fsp3) is 0.0435. The first-order chi connectivity index (χ1) is 14.8. The third-order valence-electron chi connectivity index (χ3n) is 5.05. The average Bonchev–Trinajstić information content (AvgIpc) is 3.04. The molecule has 3 N–H and O–H groups in total. The molecule has 0 saturated carbocycles. The minimum atomic E-state index is -3.91. The Bertz CT molecular complexity index is 1280. The van der Waals surface area contributed by atoms with Crippen LogP contribution in [0.15, 0.2) is 95.4 Å². The summed E-state index contributed by atoms with van der Waals surface area (Å²) < 4.78 is 23.1. The number of amides is 1. The third-order valence-corrected chi connectivity index (χ3v) is 5.98. The number of nitrogens with zero attached hydrogens (tertiary/aromatic N) is 1. The molecule has 0 radical (unpaired) electrons. The normalized spacial score (nSPS) is 18.4. The largest absolute Gasteiger partial charge is 0.507 e. The maximum absolute atomic E-state index is 13.0. The Labute approximate surface area is 179 Å². The summed E-state index contributed by atoms with van der Waals surface area (Å²) in [5.41, 5.74) is 1.29. The molecule has 4 rings (SSSR count). The second kappa shape index (κ2) is 7.82. The van der Waals surface area contributed by atoms with E-state index in [0.29, 0.717) is 16.8 Å². The lowest BCUT2D eigenvalue weighted by molar-refractivity contribution is -0.132. The number of nitrogens with two attached hydrogens (primary N) is 1. The van der Waals surface area contributed by atoms with Gasteiger partial charge in [-0.25, -0.2) is 13.6 Å². The van der Waals surface area contributed by atoms with Crippen LogP contribution in [0.5, 0.6) is 0 Å². The van der Waals surface area contributed by atoms with Gasteiger partial charge in [-0.2, -0.15) is 0 Å². The zero-order valence-electron chi connectivity index (χ0n) is 16.2. The van der Waals surface area contributed by atoms with Gasteiger partial charge in [0.2, 0.25) is 10.0 Å². The molecule has 3 aromatic carbocycles. The first-order valence-electron chi connectivity index (χ1n) is 9.33. The van der Waals surface area contributed by atoms with E-state index in [9.17, 15) is 23.1 Å². The number of anilines is 1. The third kappa shape index (κ3) is 3.74. The summed E-state index contributed by atoms with van der Waals surface area (Å²) in [6.07, 6.45) is 0. The average molecular weight is 434 g/mol. The van der Waals surface area contributed by atoms with Crippen LogP contribution in [0.25, 0.3) is 5.76 Å². The van der Waals surface area contributed by atoms with Crippen LogP contribution in [-0.4, -0.2) is 25.2 Å². The highest BCUT2D eigenvalue weighted by Gasteiger charge is 2.46. The number of ketones is 1. The predicted molar refractivity (Wildman–Crippen MR) is 115 cm³/mol. The van der Waals surface area contributed by atoms with Gasteiger partial charge in [0.15, 0.2) is 0 Å². The number of aliphatic hydroxyl groups is 1. The van der Waals surface area contributed by atoms with Crippen molar-refractivity contribution in [2.24, 2.45) is 5.14 Å². The van der Waals surface area contributed by atoms with Gasteiger partial charge in [0.05, 0.1) is 16.5 Å². The quantitative estimate of drug-likeness (QED) is 0.372. The summed E-state index contributed by atoms with van der Waals surface area (Å²) in [7, 11) is -3.91. The Hall–Kier alpha value is -3.75. The second-order valence-corrected chi connectivity index (χ2v) is 8.55. The SMILES string of the molecule is NS(=O)(=O)c1ccc(N2C(=O)C(=O)C(=C(O)c3ccccc3)[C@H]2c2ccccc2)cc1. The Balaban J connectivity index is 1.91. The predicted octanol–water partition coefficient (Wildman–Crippen LogP) is 2.96. The summed E-state index contributed by atoms with van der Waals surface area (Å²) in [5.74, 6) is -1.93. The van der Waals surface area contributed by atoms with Crippen molar-refractivity contribution in [1.29, 1.82) is 0 Å². The Morgan fingerprint density at radius 2 is 1.39 bits per heavy atom. The first kappa shape index (κ1) is 20.5. The van der Waals surface area contributed by atoms with E-state index in [4.69, 9.17) is 5.14 Å². The van der Waals surface area contributed by atoms with Crippen LogP contribution in [0.4, 0.5) is 5.69 Å². The lowest BCUT2D eigenvalue weighted by atomic mass is 9.95. The van der Waals surface area contributed by atoms with Crippen molar-refractivity contribution in [3.05, 3.63) is 102 Å². The highest BCUT2D eigenvalue weighted by Crippen LogP contribution is 2.42. The second-order valence-electron chi connectivity index (χ2n) is 6.98. The molecule has 1 fully saturated rings. The monoisotopic (exact) mass is 434 g/mol. The number of hydrogen-bond donors (Lipinski definition) is 2. The van der Waals surface area contributed by atoms with Crippen molar-refractivity contribution in [2.45, 2.75) is 10.9 Å². The number of hydrogen-bond acceptors (Lipinski definition) is 5. The molecular weight excluding hydrogens is 416 g/mol. The number of Topliss-reactive ketones (excluding diaryl/α,β-unsaturated/α-hetero) is 1. The lowest BCUT2D eigenvalue weighted by Gasteiger charge is -2.25. The van der Waals surface area contributed by atoms with Gasteiger partial charge in [-0.15, -0.1) is 0 Å². The summed E-state index contributed by atoms with van der Waals surface area (Å²) in [4.78, 5) is 27.1. The first-order valence-corrected chi connectivity index (χ1v) is 10.9. The molecule has 1 aliphatic heterocycles. The van der Waals surface area contributed by atoms with Crippen LogP contribution >= 0.6 is 0 Å². The van der Waals surface area contributed by atoms with Crippen LogP contribution in [0, 0.1) is 0 Å². The van der Waals surface area contributed by atoms with E-state index < -0.39 is 27.8 Å². The summed E-state index contributed by atoms with van der Waals surface area (Å²) in [5, 5.41) is 16.1. The van der Waals surface area contributed by atoms with E-state index in [0.717, 1.165) is 0 Å².